The Morgan fingerprint density at radius 3 is 2.81 bits per heavy atom. The summed E-state index contributed by atoms with van der Waals surface area (Å²) >= 11 is 0. The van der Waals surface area contributed by atoms with Gasteiger partial charge in [-0.2, -0.15) is 13.2 Å². The van der Waals surface area contributed by atoms with Gasteiger partial charge in [0.1, 0.15) is 0 Å². The number of nitrogens with zero attached hydrogens (tertiary/aromatic N) is 3. The van der Waals surface area contributed by atoms with Crippen molar-refractivity contribution < 1.29 is 22.8 Å². The third kappa shape index (κ3) is 5.23. The Bertz CT molecular complexity index is 662. The fourth-order valence-corrected chi connectivity index (χ4v) is 4.14. The van der Waals surface area contributed by atoms with Crippen LogP contribution in [-0.2, 0) is 16.0 Å². The van der Waals surface area contributed by atoms with Gasteiger partial charge in [0.25, 0.3) is 0 Å². The molecule has 0 bridgehead atoms. The molecule has 9 heteroatoms. The lowest BCUT2D eigenvalue weighted by atomic mass is 9.73. The number of halogens is 3. The average Bonchev–Trinajstić information content (AvgIpc) is 3.14. The van der Waals surface area contributed by atoms with E-state index < -0.39 is 24.9 Å². The quantitative estimate of drug-likeness (QED) is 0.846. The number of hydrogen-bond acceptors (Lipinski definition) is 3. The van der Waals surface area contributed by atoms with E-state index in [1.54, 1.807) is 17.4 Å². The third-order valence-electron chi connectivity index (χ3n) is 5.59. The highest BCUT2D eigenvalue weighted by atomic mass is 19.4. The number of hydrogen-bond donors (Lipinski definition) is 1. The van der Waals surface area contributed by atoms with E-state index in [0.29, 0.717) is 45.4 Å². The van der Waals surface area contributed by atoms with Crippen LogP contribution in [-0.4, -0.2) is 63.9 Å². The van der Waals surface area contributed by atoms with Gasteiger partial charge < -0.3 is 14.8 Å². The Morgan fingerprint density at radius 2 is 2.11 bits per heavy atom. The number of imidazole rings is 1. The van der Waals surface area contributed by atoms with E-state index in [9.17, 15) is 22.8 Å². The maximum absolute atomic E-state index is 12.4. The first-order valence-corrected chi connectivity index (χ1v) is 9.36. The first-order chi connectivity index (χ1) is 12.8. The second-order valence-corrected chi connectivity index (χ2v) is 7.68. The number of rotatable bonds is 5. The van der Waals surface area contributed by atoms with Gasteiger partial charge in [0, 0.05) is 62.7 Å². The van der Waals surface area contributed by atoms with Crippen molar-refractivity contribution in [2.24, 2.45) is 5.41 Å². The third-order valence-corrected chi connectivity index (χ3v) is 5.59. The highest BCUT2D eigenvalue weighted by Crippen LogP contribution is 2.39. The van der Waals surface area contributed by atoms with E-state index in [0.717, 1.165) is 18.5 Å². The molecule has 1 atom stereocenters. The molecule has 2 aliphatic heterocycles. The van der Waals surface area contributed by atoms with Crippen LogP contribution in [0, 0.1) is 5.41 Å². The molecule has 3 rings (SSSR count). The minimum Gasteiger partial charge on any atom is -0.348 e. The number of alkyl halides is 3. The topological polar surface area (TPSA) is 69.3 Å². The lowest BCUT2D eigenvalue weighted by Crippen LogP contribution is -2.55. The molecule has 2 aliphatic rings. The fraction of sp³-hybridized carbons (Fsp3) is 0.722. The largest absolute Gasteiger partial charge is 0.389 e. The van der Waals surface area contributed by atoms with Gasteiger partial charge in [-0.1, -0.05) is 0 Å². The van der Waals surface area contributed by atoms with Crippen molar-refractivity contribution in [3.8, 4) is 0 Å². The summed E-state index contributed by atoms with van der Waals surface area (Å²) in [7, 11) is 0. The van der Waals surface area contributed by atoms with Gasteiger partial charge >= 0.3 is 6.18 Å². The molecule has 1 spiro atoms. The van der Waals surface area contributed by atoms with E-state index in [2.05, 4.69) is 9.97 Å². The van der Waals surface area contributed by atoms with Crippen molar-refractivity contribution in [2.75, 3.05) is 26.2 Å². The van der Waals surface area contributed by atoms with E-state index >= 15 is 0 Å². The molecule has 1 N–H and O–H groups in total. The lowest BCUT2D eigenvalue weighted by Gasteiger charge is -2.48. The average molecular weight is 386 g/mol. The Kier molecular flexibility index (Phi) is 5.76. The molecule has 27 heavy (non-hydrogen) atoms. The Hall–Kier alpha value is -2.06. The summed E-state index contributed by atoms with van der Waals surface area (Å²) in [5.41, 5.74) is 0.753. The van der Waals surface area contributed by atoms with Crippen molar-refractivity contribution >= 4 is 11.8 Å². The number of H-pyrrole nitrogens is 1. The predicted octanol–water partition coefficient (Wildman–Crippen LogP) is 2.53. The molecule has 1 unspecified atom stereocenters. The van der Waals surface area contributed by atoms with Gasteiger partial charge in [-0.3, -0.25) is 9.59 Å². The van der Waals surface area contributed by atoms with Crippen molar-refractivity contribution in [2.45, 2.75) is 51.1 Å². The van der Waals surface area contributed by atoms with Gasteiger partial charge in [-0.15, -0.1) is 0 Å². The highest BCUT2D eigenvalue weighted by Gasteiger charge is 2.42. The standard InChI is InChI=1S/C18H25F3N4O2/c19-18(20,21)7-3-16(27)24-8-1-5-17(11-24)6-2-15(26)25(12-17)9-4-14-10-22-13-23-14/h10,13H,1-9,11-12H2,(H,22,23). The molecular formula is C18H25F3N4O2. The molecule has 1 aromatic rings. The maximum Gasteiger partial charge on any atom is 0.389 e. The molecule has 0 radical (unpaired) electrons. The Morgan fingerprint density at radius 1 is 1.30 bits per heavy atom. The molecule has 2 amide bonds. The Labute approximate surface area is 156 Å². The molecule has 0 saturated carbocycles. The van der Waals surface area contributed by atoms with Gasteiger partial charge in [0.2, 0.25) is 11.8 Å². The van der Waals surface area contributed by atoms with Gasteiger partial charge in [0.15, 0.2) is 0 Å². The second kappa shape index (κ2) is 7.90. The van der Waals surface area contributed by atoms with Crippen LogP contribution in [0.5, 0.6) is 0 Å². The summed E-state index contributed by atoms with van der Waals surface area (Å²) in [5.74, 6) is -0.340. The summed E-state index contributed by atoms with van der Waals surface area (Å²) in [6.45, 7) is 2.08. The molecule has 0 aromatic carbocycles. The molecule has 1 aromatic heterocycles. The zero-order chi connectivity index (χ0) is 19.5. The number of amides is 2. The SMILES string of the molecule is O=C(CCC(F)(F)F)N1CCCC2(CCC(=O)N(CCc3cnc[nH]3)C2)C1. The highest BCUT2D eigenvalue weighted by molar-refractivity contribution is 5.78. The van der Waals surface area contributed by atoms with Crippen LogP contribution in [0.3, 0.4) is 0 Å². The van der Waals surface area contributed by atoms with Gasteiger partial charge in [0.05, 0.1) is 12.7 Å². The fourth-order valence-electron chi connectivity index (χ4n) is 4.14. The number of carbonyl (C=O) groups excluding carboxylic acids is 2. The smallest absolute Gasteiger partial charge is 0.348 e. The minimum atomic E-state index is -4.32. The first-order valence-electron chi connectivity index (χ1n) is 9.36. The van der Waals surface area contributed by atoms with E-state index in [1.807, 2.05) is 4.90 Å². The Balaban J connectivity index is 1.58. The summed E-state index contributed by atoms with van der Waals surface area (Å²) in [5, 5.41) is 0. The molecule has 150 valence electrons. The number of nitrogens with one attached hydrogen (secondary N) is 1. The lowest BCUT2D eigenvalue weighted by molar-refractivity contribution is -0.153. The monoisotopic (exact) mass is 386 g/mol. The number of likely N-dealkylation sites (tertiary alicyclic amines) is 2. The van der Waals surface area contributed by atoms with Crippen molar-refractivity contribution in [3.63, 3.8) is 0 Å². The van der Waals surface area contributed by atoms with Crippen molar-refractivity contribution in [3.05, 3.63) is 18.2 Å². The summed E-state index contributed by atoms with van der Waals surface area (Å²) in [6, 6.07) is 0. The molecule has 2 fully saturated rings. The normalized spacial score (nSPS) is 23.9. The number of carbonyl (C=O) groups is 2. The van der Waals surface area contributed by atoms with E-state index in [-0.39, 0.29) is 11.3 Å². The predicted molar refractivity (Wildman–Crippen MR) is 91.6 cm³/mol. The zero-order valence-corrected chi connectivity index (χ0v) is 15.2. The van der Waals surface area contributed by atoms with Crippen LogP contribution in [0.15, 0.2) is 12.5 Å². The zero-order valence-electron chi connectivity index (χ0n) is 15.2. The summed E-state index contributed by atoms with van der Waals surface area (Å²) in [6.07, 6.45) is 0.881. The summed E-state index contributed by atoms with van der Waals surface area (Å²) in [4.78, 5) is 34.9. The van der Waals surface area contributed by atoms with Crippen LogP contribution in [0.2, 0.25) is 0 Å². The number of aromatic amines is 1. The molecular weight excluding hydrogens is 361 g/mol. The first kappa shape index (κ1) is 19.7. The van der Waals surface area contributed by atoms with E-state index in [4.69, 9.17) is 0 Å². The van der Waals surface area contributed by atoms with Crippen LogP contribution >= 0.6 is 0 Å². The van der Waals surface area contributed by atoms with Crippen molar-refractivity contribution in [1.82, 2.24) is 19.8 Å². The van der Waals surface area contributed by atoms with Crippen LogP contribution in [0.1, 0.15) is 44.2 Å². The number of aromatic nitrogens is 2. The minimum absolute atomic E-state index is 0.0978. The summed E-state index contributed by atoms with van der Waals surface area (Å²) < 4.78 is 37.2. The van der Waals surface area contributed by atoms with Crippen molar-refractivity contribution in [1.29, 1.82) is 0 Å². The second-order valence-electron chi connectivity index (χ2n) is 7.68. The maximum atomic E-state index is 12.4. The van der Waals surface area contributed by atoms with Crippen LogP contribution in [0.4, 0.5) is 13.2 Å². The molecule has 3 heterocycles. The van der Waals surface area contributed by atoms with Gasteiger partial charge in [-0.25, -0.2) is 4.98 Å². The molecule has 2 saturated heterocycles. The molecule has 0 aliphatic carbocycles. The number of piperidine rings is 2. The molecule has 6 nitrogen and oxygen atoms in total. The van der Waals surface area contributed by atoms with Crippen LogP contribution < -0.4 is 0 Å². The van der Waals surface area contributed by atoms with Crippen LogP contribution in [0.25, 0.3) is 0 Å². The van der Waals surface area contributed by atoms with E-state index in [1.165, 1.54) is 0 Å². The van der Waals surface area contributed by atoms with Gasteiger partial charge in [-0.05, 0) is 19.3 Å².